The summed E-state index contributed by atoms with van der Waals surface area (Å²) in [5, 5.41) is 82.9. The number of aliphatic hydroxyl groups excluding tert-OH is 7. The number of nitrogens with zero attached hydrogens (tertiary/aromatic N) is 4. The largest absolute Gasteiger partial charge is 0.453 e. The molecule has 2 aliphatic heterocycles. The van der Waals surface area contributed by atoms with Gasteiger partial charge in [0.25, 0.3) is 11.8 Å². The van der Waals surface area contributed by atoms with Crippen LogP contribution in [0.25, 0.3) is 0 Å². The predicted molar refractivity (Wildman–Crippen MR) is 276 cm³/mol. The number of nitrogens with one attached hydrogen (secondary N) is 6. The lowest BCUT2D eigenvalue weighted by molar-refractivity contribution is -0.368. The second-order valence-electron chi connectivity index (χ2n) is 16.6. The lowest BCUT2D eigenvalue weighted by Gasteiger charge is -2.26. The van der Waals surface area contributed by atoms with Crippen molar-refractivity contribution >= 4 is 23.8 Å². The number of hydrogen-bond acceptors (Lipinski definition) is 22. The van der Waals surface area contributed by atoms with E-state index in [4.69, 9.17) is 21.1 Å². The number of ether oxygens (including phenoxy) is 2. The van der Waals surface area contributed by atoms with Crippen LogP contribution in [-0.2, 0) is 28.7 Å². The Kier molecular flexibility index (Phi) is 52.0. The summed E-state index contributed by atoms with van der Waals surface area (Å²) in [7, 11) is 8.69. The molecule has 2 aliphatic rings. The van der Waals surface area contributed by atoms with Crippen molar-refractivity contribution in [2.75, 3.05) is 166 Å². The molecule has 2 rings (SSSR count). The maximum atomic E-state index is 12.2. The molecule has 0 aliphatic carbocycles. The summed E-state index contributed by atoms with van der Waals surface area (Å²) >= 11 is 0. The predicted octanol–water partition coefficient (Wildman–Crippen LogP) is -6.64. The fourth-order valence-electron chi connectivity index (χ4n) is 6.96. The smallest absolute Gasteiger partial charge is 0.339 e. The highest BCUT2D eigenvalue weighted by Crippen LogP contribution is 2.28. The summed E-state index contributed by atoms with van der Waals surface area (Å²) in [5.74, 6) is -3.50. The van der Waals surface area contributed by atoms with Gasteiger partial charge in [-0.15, -0.1) is 0 Å². The van der Waals surface area contributed by atoms with Crippen LogP contribution in [0.15, 0.2) is 0 Å². The van der Waals surface area contributed by atoms with Gasteiger partial charge in [-0.05, 0) is 80.1 Å². The molecule has 0 bridgehead atoms. The molecule has 2 fully saturated rings. The number of aliphatic hydroxyl groups is 7. The van der Waals surface area contributed by atoms with Crippen molar-refractivity contribution in [3.05, 3.63) is 0 Å². The average molecular weight is 1030 g/mol. The van der Waals surface area contributed by atoms with E-state index >= 15 is 0 Å². The maximum absolute atomic E-state index is 12.2. The number of amides is 2. The van der Waals surface area contributed by atoms with Crippen molar-refractivity contribution in [2.45, 2.75) is 110 Å². The molecule has 25 nitrogen and oxygen atoms in total. The number of carbonyl (C=O) groups excluding carboxylic acids is 4. The van der Waals surface area contributed by atoms with Crippen LogP contribution in [0.3, 0.4) is 0 Å². The van der Waals surface area contributed by atoms with Crippen molar-refractivity contribution in [2.24, 2.45) is 5.73 Å². The molecular weight excluding hydrogens is 929 g/mol. The molecule has 0 radical (unpaired) electrons. The number of hydrogen-bond donors (Lipinski definition) is 15. The minimum absolute atomic E-state index is 0. The molecule has 0 spiro atoms. The van der Waals surface area contributed by atoms with Crippen molar-refractivity contribution in [3.63, 3.8) is 0 Å². The standard InChI is InChI=1S/C22H48N6O6.2C8H21N3.C6H6O6.CH4O.CH4/c1-5-11-27(13-7-23-3)15-9-25-21(33)19(31)17(29)18(30)20(32)22(34)26-10-16-28(12-6-2)14-8-24-4;2*1-3-6-11(7-4-9)8-5-10-2;7-1-3-4(12-5(1)9)2(8)6(10)11-3;1-2;/h17-20,23-24,29-32H,5-16H2,1-4H3,(H,25,33)(H,26,34);2*10H,3-9H2,1-2H3;1-4,7-8H;2H,1H3;1H4/p+1/t17-,18-,19-,20+;;;1-,2+,3-,4-;;/m1..1../s1. The normalized spacial score (nSPS) is 18.5. The molecule has 71 heavy (non-hydrogen) atoms. The van der Waals surface area contributed by atoms with Crippen LogP contribution in [-0.4, -0.2) is 294 Å². The van der Waals surface area contributed by atoms with Gasteiger partial charge in [0, 0.05) is 105 Å². The van der Waals surface area contributed by atoms with Crippen LogP contribution in [0, 0.1) is 0 Å². The Morgan fingerprint density at radius 2 is 0.803 bits per heavy atom. The van der Waals surface area contributed by atoms with Crippen LogP contribution in [0.2, 0.25) is 0 Å². The average Bonchev–Trinajstić information content (AvgIpc) is 3.80. The summed E-state index contributed by atoms with van der Waals surface area (Å²) in [4.78, 5) is 54.8. The summed E-state index contributed by atoms with van der Waals surface area (Å²) in [5.41, 5.74) is 9.32. The van der Waals surface area contributed by atoms with E-state index in [1.54, 1.807) is 0 Å². The van der Waals surface area contributed by atoms with Gasteiger partial charge in [-0.1, -0.05) is 35.1 Å². The SMILES string of the molecule is C.CCCN(CCN)CCNC.CCCN(CCNC)CCNC(=O)[C@@H](O)[C@H](O)[C@@H](O)[C@@H](O)C(=O)NCCN(CCC)CCNC.CCCN(CC[NH3+])CCNC.CO.O=C1O[C@H]2[C@H](OC(=O)[C@@H]2O)[C@@H]1O. The minimum atomic E-state index is -2.02. The van der Waals surface area contributed by atoms with Gasteiger partial charge in [0.05, 0.1) is 6.54 Å². The molecule has 0 aromatic carbocycles. The fourth-order valence-corrected chi connectivity index (χ4v) is 6.96. The molecule has 0 aromatic heterocycles. The first-order valence-electron chi connectivity index (χ1n) is 25.0. The van der Waals surface area contributed by atoms with E-state index in [0.717, 1.165) is 112 Å². The number of rotatable bonds is 35. The lowest BCUT2D eigenvalue weighted by atomic mass is 10.0. The Morgan fingerprint density at radius 3 is 1.06 bits per heavy atom. The minimum Gasteiger partial charge on any atom is -0.453 e. The van der Waals surface area contributed by atoms with E-state index < -0.39 is 72.6 Å². The van der Waals surface area contributed by atoms with Crippen LogP contribution in [0.4, 0.5) is 0 Å². The zero-order valence-electron chi connectivity index (χ0n) is 44.2. The topological polar surface area (TPSA) is 367 Å². The van der Waals surface area contributed by atoms with Gasteiger partial charge in [-0.25, -0.2) is 9.59 Å². The van der Waals surface area contributed by atoms with Crippen LogP contribution < -0.4 is 43.4 Å². The molecule has 18 N–H and O–H groups in total. The monoisotopic (exact) mass is 1030 g/mol. The highest BCUT2D eigenvalue weighted by molar-refractivity contribution is 5.85. The molecule has 2 amide bonds. The first-order chi connectivity index (χ1) is 33.5. The van der Waals surface area contributed by atoms with E-state index in [1.165, 1.54) is 25.9 Å². The molecule has 0 unspecified atom stereocenters. The van der Waals surface area contributed by atoms with Gasteiger partial charge in [-0.2, -0.15) is 0 Å². The molecular formula is C46H105N12O13+. The highest BCUT2D eigenvalue weighted by atomic mass is 16.7. The molecule has 426 valence electrons. The first kappa shape index (κ1) is 74.7. The Balaban J connectivity index is -0.000000489. The van der Waals surface area contributed by atoms with E-state index in [-0.39, 0.29) is 20.5 Å². The summed E-state index contributed by atoms with van der Waals surface area (Å²) in [6.07, 6.45) is -8.67. The first-order valence-corrected chi connectivity index (χ1v) is 25.0. The summed E-state index contributed by atoms with van der Waals surface area (Å²) < 4.78 is 8.99. The van der Waals surface area contributed by atoms with Gasteiger partial charge >= 0.3 is 11.9 Å². The zero-order valence-corrected chi connectivity index (χ0v) is 44.2. The van der Waals surface area contributed by atoms with Gasteiger partial charge < -0.3 is 103 Å². The van der Waals surface area contributed by atoms with E-state index in [2.05, 4.69) is 94.4 Å². The summed E-state index contributed by atoms with van der Waals surface area (Å²) in [6, 6.07) is 0. The molecule has 25 heteroatoms. The number of quaternary nitrogens is 1. The third-order valence-corrected chi connectivity index (χ3v) is 10.7. The zero-order chi connectivity index (χ0) is 53.9. The number of carbonyl (C=O) groups is 4. The molecule has 0 saturated carbocycles. The van der Waals surface area contributed by atoms with Crippen molar-refractivity contribution in [1.29, 1.82) is 0 Å². The second-order valence-corrected chi connectivity index (χ2v) is 16.6. The van der Waals surface area contributed by atoms with Gasteiger partial charge in [0.1, 0.15) is 12.2 Å². The number of likely N-dealkylation sites (N-methyl/N-ethyl adjacent to an activating group) is 4. The lowest BCUT2D eigenvalue weighted by Crippen LogP contribution is -2.55. The second kappa shape index (κ2) is 49.4. The van der Waals surface area contributed by atoms with Gasteiger partial charge in [-0.3, -0.25) is 14.5 Å². The van der Waals surface area contributed by atoms with Crippen molar-refractivity contribution in [1.82, 2.24) is 51.5 Å². The van der Waals surface area contributed by atoms with E-state index in [9.17, 15) is 39.6 Å². The van der Waals surface area contributed by atoms with Crippen molar-refractivity contribution in [3.8, 4) is 0 Å². The molecule has 2 saturated heterocycles. The third-order valence-electron chi connectivity index (χ3n) is 10.7. The fraction of sp³-hybridized carbons (Fsp3) is 0.913. The van der Waals surface area contributed by atoms with Crippen LogP contribution in [0.5, 0.6) is 0 Å². The van der Waals surface area contributed by atoms with Gasteiger partial charge in [0.2, 0.25) is 0 Å². The number of nitrogens with two attached hydrogens (primary N) is 1. The Bertz CT molecular complexity index is 1170. The Labute approximate surface area is 426 Å². The molecule has 0 aromatic rings. The highest BCUT2D eigenvalue weighted by Gasteiger charge is 2.57. The van der Waals surface area contributed by atoms with Crippen LogP contribution >= 0.6 is 0 Å². The number of fused-ring (bicyclic) bond motifs is 1. The maximum Gasteiger partial charge on any atom is 0.339 e. The quantitative estimate of drug-likeness (QED) is 0.0262. The van der Waals surface area contributed by atoms with E-state index in [0.29, 0.717) is 13.1 Å². The Morgan fingerprint density at radius 1 is 0.535 bits per heavy atom. The third kappa shape index (κ3) is 34.3. The molecule has 2 heterocycles. The van der Waals surface area contributed by atoms with Crippen molar-refractivity contribution < 1.29 is 70.1 Å². The van der Waals surface area contributed by atoms with Gasteiger partial charge in [0.15, 0.2) is 36.6 Å². The van der Waals surface area contributed by atoms with E-state index in [1.807, 2.05) is 28.2 Å². The number of esters is 2. The molecule has 8 atom stereocenters. The summed E-state index contributed by atoms with van der Waals surface area (Å²) in [6.45, 7) is 25.8. The Hall–Kier alpha value is -2.80. The van der Waals surface area contributed by atoms with Crippen LogP contribution in [0.1, 0.15) is 60.8 Å².